The minimum absolute atomic E-state index is 0.0579. The fourth-order valence-electron chi connectivity index (χ4n) is 1.69. The summed E-state index contributed by atoms with van der Waals surface area (Å²) >= 11 is 0. The van der Waals surface area contributed by atoms with Gasteiger partial charge in [-0.2, -0.15) is 0 Å². The molecule has 3 nitrogen and oxygen atoms in total. The predicted octanol–water partition coefficient (Wildman–Crippen LogP) is 2.81. The first-order chi connectivity index (χ1) is 8.77. The van der Waals surface area contributed by atoms with Gasteiger partial charge >= 0.3 is 0 Å². The molecule has 1 amide bonds. The molecule has 0 saturated carbocycles. The molecule has 1 aromatic rings. The predicted molar refractivity (Wildman–Crippen MR) is 74.9 cm³/mol. The van der Waals surface area contributed by atoms with E-state index in [4.69, 9.17) is 0 Å². The van der Waals surface area contributed by atoms with E-state index in [1.54, 1.807) is 24.5 Å². The van der Waals surface area contributed by atoms with Crippen LogP contribution in [0.4, 0.5) is 0 Å². The Morgan fingerprint density at radius 1 is 1.28 bits per heavy atom. The lowest BCUT2D eigenvalue weighted by Gasteiger charge is -2.05. The fourth-order valence-corrected chi connectivity index (χ4v) is 1.69. The molecule has 2 rings (SSSR count). The van der Waals surface area contributed by atoms with Gasteiger partial charge in [0.2, 0.25) is 5.91 Å². The first kappa shape index (κ1) is 14.2. The van der Waals surface area contributed by atoms with Crippen LogP contribution in [0.1, 0.15) is 24.8 Å². The summed E-state index contributed by atoms with van der Waals surface area (Å²) in [5.74, 6) is 0.204. The molecule has 1 atom stereocenters. The van der Waals surface area contributed by atoms with Crippen LogP contribution in [0.2, 0.25) is 0 Å². The molecule has 1 saturated heterocycles. The average molecular weight is 244 g/mol. The SMILES string of the molecule is C=CC1CCCCNC1=O.C=Cc1ccncc1. The number of nitrogens with one attached hydrogen (secondary N) is 1. The summed E-state index contributed by atoms with van der Waals surface area (Å²) in [7, 11) is 0. The molecule has 0 aromatic carbocycles. The summed E-state index contributed by atoms with van der Waals surface area (Å²) in [4.78, 5) is 14.9. The first-order valence-electron chi connectivity index (χ1n) is 6.20. The van der Waals surface area contributed by atoms with Crippen molar-refractivity contribution < 1.29 is 4.79 Å². The van der Waals surface area contributed by atoms with Gasteiger partial charge in [0.15, 0.2) is 0 Å². The zero-order chi connectivity index (χ0) is 13.2. The van der Waals surface area contributed by atoms with Crippen LogP contribution in [0.3, 0.4) is 0 Å². The van der Waals surface area contributed by atoms with E-state index in [1.807, 2.05) is 12.1 Å². The van der Waals surface area contributed by atoms with E-state index in [0.717, 1.165) is 31.4 Å². The monoisotopic (exact) mass is 244 g/mol. The summed E-state index contributed by atoms with van der Waals surface area (Å²) in [6.45, 7) is 8.06. The molecule has 1 aliphatic heterocycles. The highest BCUT2D eigenvalue weighted by Crippen LogP contribution is 2.12. The van der Waals surface area contributed by atoms with Crippen molar-refractivity contribution in [2.45, 2.75) is 19.3 Å². The molecule has 1 unspecified atom stereocenters. The number of hydrogen-bond acceptors (Lipinski definition) is 2. The van der Waals surface area contributed by atoms with Crippen LogP contribution in [0.5, 0.6) is 0 Å². The number of carbonyl (C=O) groups excluding carboxylic acids is 1. The van der Waals surface area contributed by atoms with Crippen LogP contribution < -0.4 is 5.32 Å². The zero-order valence-electron chi connectivity index (χ0n) is 10.6. The molecule has 1 N–H and O–H groups in total. The lowest BCUT2D eigenvalue weighted by Crippen LogP contribution is -2.27. The van der Waals surface area contributed by atoms with Gasteiger partial charge in [-0.15, -0.1) is 6.58 Å². The molecule has 3 heteroatoms. The zero-order valence-corrected chi connectivity index (χ0v) is 10.6. The third-order valence-electron chi connectivity index (χ3n) is 2.80. The van der Waals surface area contributed by atoms with Crippen LogP contribution in [0.25, 0.3) is 6.08 Å². The van der Waals surface area contributed by atoms with Gasteiger partial charge < -0.3 is 5.32 Å². The Balaban J connectivity index is 0.000000184. The molecular formula is C15H20N2O. The van der Waals surface area contributed by atoms with Crippen LogP contribution in [0, 0.1) is 5.92 Å². The summed E-state index contributed by atoms with van der Waals surface area (Å²) in [5, 5.41) is 2.84. The molecule has 1 aromatic heterocycles. The molecule has 18 heavy (non-hydrogen) atoms. The van der Waals surface area contributed by atoms with Gasteiger partial charge in [-0.1, -0.05) is 25.2 Å². The van der Waals surface area contributed by atoms with Crippen LogP contribution in [-0.4, -0.2) is 17.4 Å². The summed E-state index contributed by atoms with van der Waals surface area (Å²) in [5.41, 5.74) is 1.11. The molecule has 1 fully saturated rings. The number of hydrogen-bond donors (Lipinski definition) is 1. The van der Waals surface area contributed by atoms with Gasteiger partial charge in [-0.25, -0.2) is 0 Å². The quantitative estimate of drug-likeness (QED) is 0.813. The Morgan fingerprint density at radius 2 is 2.00 bits per heavy atom. The van der Waals surface area contributed by atoms with E-state index in [1.165, 1.54) is 0 Å². The second-order valence-corrected chi connectivity index (χ2v) is 4.11. The molecular weight excluding hydrogens is 224 g/mol. The Kier molecular flexibility index (Phi) is 6.47. The maximum atomic E-state index is 11.1. The maximum Gasteiger partial charge on any atom is 0.226 e. The number of rotatable bonds is 2. The van der Waals surface area contributed by atoms with Gasteiger partial charge in [0.25, 0.3) is 0 Å². The number of aromatic nitrogens is 1. The highest BCUT2D eigenvalue weighted by atomic mass is 16.1. The van der Waals surface area contributed by atoms with E-state index < -0.39 is 0 Å². The minimum Gasteiger partial charge on any atom is -0.356 e. The topological polar surface area (TPSA) is 42.0 Å². The Labute approximate surface area is 109 Å². The lowest BCUT2D eigenvalue weighted by molar-refractivity contribution is -0.123. The first-order valence-corrected chi connectivity index (χ1v) is 6.20. The summed E-state index contributed by atoms with van der Waals surface area (Å²) < 4.78 is 0. The third-order valence-corrected chi connectivity index (χ3v) is 2.80. The number of pyridine rings is 1. The van der Waals surface area contributed by atoms with Crippen molar-refractivity contribution >= 4 is 12.0 Å². The highest BCUT2D eigenvalue weighted by molar-refractivity contribution is 5.80. The highest BCUT2D eigenvalue weighted by Gasteiger charge is 2.16. The Bertz CT molecular complexity index is 387. The lowest BCUT2D eigenvalue weighted by atomic mass is 10.0. The molecule has 0 spiro atoms. The second kappa shape index (κ2) is 8.23. The largest absolute Gasteiger partial charge is 0.356 e. The molecule has 0 radical (unpaired) electrons. The van der Waals surface area contributed by atoms with Crippen molar-refractivity contribution in [3.8, 4) is 0 Å². The van der Waals surface area contributed by atoms with Gasteiger partial charge in [0.05, 0.1) is 5.92 Å². The molecule has 96 valence electrons. The van der Waals surface area contributed by atoms with Gasteiger partial charge in [-0.05, 0) is 30.5 Å². The maximum absolute atomic E-state index is 11.1. The normalized spacial score (nSPS) is 18.7. The number of nitrogens with zero attached hydrogens (tertiary/aromatic N) is 1. The van der Waals surface area contributed by atoms with Crippen molar-refractivity contribution in [3.05, 3.63) is 49.3 Å². The van der Waals surface area contributed by atoms with Crippen molar-refractivity contribution in [1.29, 1.82) is 0 Å². The Morgan fingerprint density at radius 3 is 2.56 bits per heavy atom. The number of amides is 1. The Hall–Kier alpha value is -1.90. The fraction of sp³-hybridized carbons (Fsp3) is 0.333. The molecule has 2 heterocycles. The van der Waals surface area contributed by atoms with Gasteiger partial charge in [0, 0.05) is 18.9 Å². The smallest absolute Gasteiger partial charge is 0.226 e. The van der Waals surface area contributed by atoms with Crippen LogP contribution in [-0.2, 0) is 4.79 Å². The average Bonchev–Trinajstić information content (AvgIpc) is 2.64. The molecule has 0 aliphatic carbocycles. The van der Waals surface area contributed by atoms with E-state index in [2.05, 4.69) is 23.5 Å². The molecule has 1 aliphatic rings. The summed E-state index contributed by atoms with van der Waals surface area (Å²) in [6.07, 6.45) is 10.2. The van der Waals surface area contributed by atoms with Crippen molar-refractivity contribution in [2.24, 2.45) is 5.92 Å². The van der Waals surface area contributed by atoms with Crippen molar-refractivity contribution in [3.63, 3.8) is 0 Å². The van der Waals surface area contributed by atoms with Gasteiger partial charge in [0.1, 0.15) is 0 Å². The van der Waals surface area contributed by atoms with Crippen LogP contribution in [0.15, 0.2) is 43.8 Å². The third kappa shape index (κ3) is 4.95. The molecule has 0 bridgehead atoms. The van der Waals surface area contributed by atoms with Crippen molar-refractivity contribution in [1.82, 2.24) is 10.3 Å². The number of carbonyl (C=O) groups is 1. The standard InChI is InChI=1S/C8H13NO.C7H7N/c1-2-7-5-3-4-6-9-8(7)10;1-2-7-3-5-8-6-4-7/h2,7H,1,3-6H2,(H,9,10);2-6H,1H2. The summed E-state index contributed by atoms with van der Waals surface area (Å²) in [6, 6.07) is 3.82. The van der Waals surface area contributed by atoms with Gasteiger partial charge in [-0.3, -0.25) is 9.78 Å². The van der Waals surface area contributed by atoms with E-state index in [-0.39, 0.29) is 11.8 Å². The van der Waals surface area contributed by atoms with E-state index in [9.17, 15) is 4.79 Å². The van der Waals surface area contributed by atoms with Crippen LogP contribution >= 0.6 is 0 Å². The van der Waals surface area contributed by atoms with E-state index in [0.29, 0.717) is 0 Å². The van der Waals surface area contributed by atoms with Crippen molar-refractivity contribution in [2.75, 3.05) is 6.54 Å². The minimum atomic E-state index is 0.0579. The van der Waals surface area contributed by atoms with E-state index >= 15 is 0 Å². The second-order valence-electron chi connectivity index (χ2n) is 4.11.